The van der Waals surface area contributed by atoms with Gasteiger partial charge < -0.3 is 4.18 Å². The van der Waals surface area contributed by atoms with E-state index in [-0.39, 0.29) is 41.9 Å². The molecule has 2 rings (SSSR count). The molecule has 0 amide bonds. The van der Waals surface area contributed by atoms with Gasteiger partial charge in [-0.1, -0.05) is 43.0 Å². The van der Waals surface area contributed by atoms with Crippen molar-refractivity contribution in [3.8, 4) is 5.75 Å². The lowest BCUT2D eigenvalue weighted by Crippen LogP contribution is -2.09. The Labute approximate surface area is 137 Å². The van der Waals surface area contributed by atoms with E-state index in [0.29, 0.717) is 4.90 Å². The number of hydrogen-bond acceptors (Lipinski definition) is 3. The van der Waals surface area contributed by atoms with Crippen LogP contribution in [-0.2, 0) is 10.1 Å². The molecule has 0 fully saturated rings. The van der Waals surface area contributed by atoms with E-state index in [4.69, 9.17) is 16.8 Å². The summed E-state index contributed by atoms with van der Waals surface area (Å²) in [5.41, 5.74) is 0. The second-order valence-electron chi connectivity index (χ2n) is 3.30. The summed E-state index contributed by atoms with van der Waals surface area (Å²) in [5, 5.41) is 0. The van der Waals surface area contributed by atoms with Gasteiger partial charge in [0, 0.05) is 0 Å². The lowest BCUT2D eigenvalue weighted by molar-refractivity contribution is 0.480. The Morgan fingerprint density at radius 1 is 0.773 bits per heavy atom. The van der Waals surface area contributed by atoms with E-state index in [1.54, 1.807) is 36.4 Å². The predicted octanol–water partition coefficient (Wildman–Crippen LogP) is 4.04. The number of rotatable bonds is 3. The lowest BCUT2D eigenvalue weighted by atomic mass is 10.3. The van der Waals surface area contributed by atoms with Crippen LogP contribution < -0.4 is 4.18 Å². The molecule has 0 spiro atoms. The van der Waals surface area contributed by atoms with Crippen LogP contribution in [0.5, 0.6) is 5.75 Å². The van der Waals surface area contributed by atoms with Crippen LogP contribution in [0.3, 0.4) is 0 Å². The van der Waals surface area contributed by atoms with Crippen molar-refractivity contribution in [3.05, 3.63) is 54.6 Å². The molecule has 0 bridgehead atoms. The SMILES string of the molecule is Cl.F.F.F.F.O=S(=O)(Oc1ccccc1[S])c1ccccc1. The van der Waals surface area contributed by atoms with Gasteiger partial charge in [0.1, 0.15) is 4.90 Å². The minimum atomic E-state index is -3.80. The number of benzene rings is 2. The molecule has 0 aliphatic heterocycles. The highest BCUT2D eigenvalue weighted by atomic mass is 35.5. The molecule has 0 saturated heterocycles. The fraction of sp³-hybridized carbons (Fsp3) is 0. The summed E-state index contributed by atoms with van der Waals surface area (Å²) in [6.45, 7) is 0. The Kier molecular flexibility index (Phi) is 15.6. The molecule has 0 aliphatic rings. The van der Waals surface area contributed by atoms with Crippen LogP contribution in [0.4, 0.5) is 18.8 Å². The van der Waals surface area contributed by atoms with Gasteiger partial charge in [-0.2, -0.15) is 8.42 Å². The fourth-order valence-electron chi connectivity index (χ4n) is 1.27. The quantitative estimate of drug-likeness (QED) is 0.595. The molecule has 2 aromatic rings. The van der Waals surface area contributed by atoms with Crippen LogP contribution in [0.15, 0.2) is 64.4 Å². The molecule has 0 aliphatic carbocycles. The van der Waals surface area contributed by atoms with Crippen molar-refractivity contribution in [2.45, 2.75) is 9.79 Å². The van der Waals surface area contributed by atoms with Crippen LogP contribution in [-0.4, -0.2) is 8.42 Å². The molecule has 127 valence electrons. The van der Waals surface area contributed by atoms with Crippen molar-refractivity contribution in [1.29, 1.82) is 0 Å². The van der Waals surface area contributed by atoms with E-state index in [1.807, 2.05) is 0 Å². The smallest absolute Gasteiger partial charge is 0.339 e. The zero-order valence-electron chi connectivity index (χ0n) is 10.8. The molecule has 0 atom stereocenters. The molecule has 2 aromatic carbocycles. The first-order chi connectivity index (χ1) is 8.09. The third-order valence-corrected chi connectivity index (χ3v) is 3.67. The number of halogens is 5. The van der Waals surface area contributed by atoms with Crippen molar-refractivity contribution in [2.24, 2.45) is 0 Å². The minimum Gasteiger partial charge on any atom is -0.377 e. The number of para-hydroxylation sites is 1. The van der Waals surface area contributed by atoms with Crippen LogP contribution in [0, 0.1) is 0 Å². The van der Waals surface area contributed by atoms with Crippen molar-refractivity contribution < 1.29 is 31.4 Å². The lowest BCUT2D eigenvalue weighted by Gasteiger charge is -2.07. The molecule has 10 heteroatoms. The maximum Gasteiger partial charge on any atom is 0.339 e. The first-order valence-corrected chi connectivity index (χ1v) is 6.67. The predicted molar refractivity (Wildman–Crippen MR) is 83.8 cm³/mol. The van der Waals surface area contributed by atoms with Crippen LogP contribution in [0.25, 0.3) is 0 Å². The first-order valence-electron chi connectivity index (χ1n) is 4.85. The Hall–Kier alpha value is -1.58. The maximum absolute atomic E-state index is 11.9. The van der Waals surface area contributed by atoms with E-state index in [0.717, 1.165) is 0 Å². The second-order valence-corrected chi connectivity index (χ2v) is 5.28. The van der Waals surface area contributed by atoms with Gasteiger partial charge in [0.15, 0.2) is 5.75 Å². The Bertz CT molecular complexity index is 627. The van der Waals surface area contributed by atoms with Gasteiger partial charge in [0.05, 0.1) is 4.90 Å². The molecular formula is C12H14ClF4O3S2. The van der Waals surface area contributed by atoms with E-state index < -0.39 is 10.1 Å². The van der Waals surface area contributed by atoms with E-state index in [2.05, 4.69) is 0 Å². The molecule has 22 heavy (non-hydrogen) atoms. The molecule has 1 radical (unpaired) electrons. The minimum absolute atomic E-state index is 0. The largest absolute Gasteiger partial charge is 0.377 e. The first kappa shape index (κ1) is 28.6. The van der Waals surface area contributed by atoms with Crippen molar-refractivity contribution in [1.82, 2.24) is 0 Å². The molecule has 0 aromatic heterocycles. The van der Waals surface area contributed by atoms with Crippen LogP contribution in [0.1, 0.15) is 0 Å². The highest BCUT2D eigenvalue weighted by Crippen LogP contribution is 2.25. The topological polar surface area (TPSA) is 43.4 Å². The summed E-state index contributed by atoms with van der Waals surface area (Å²) in [7, 11) is -3.80. The average Bonchev–Trinajstić information content (AvgIpc) is 2.33. The summed E-state index contributed by atoms with van der Waals surface area (Å²) >= 11 is 4.98. The van der Waals surface area contributed by atoms with Crippen molar-refractivity contribution >= 4 is 35.2 Å². The van der Waals surface area contributed by atoms with E-state index in [1.165, 1.54) is 18.2 Å². The van der Waals surface area contributed by atoms with Gasteiger partial charge in [0.25, 0.3) is 0 Å². The summed E-state index contributed by atoms with van der Waals surface area (Å²) < 4.78 is 28.8. The third kappa shape index (κ3) is 6.92. The van der Waals surface area contributed by atoms with Crippen molar-refractivity contribution in [2.75, 3.05) is 0 Å². The van der Waals surface area contributed by atoms with Crippen LogP contribution >= 0.6 is 25.0 Å². The molecule has 0 saturated carbocycles. The highest BCUT2D eigenvalue weighted by molar-refractivity contribution is 7.87. The average molecular weight is 382 g/mol. The Morgan fingerprint density at radius 3 is 1.73 bits per heavy atom. The van der Waals surface area contributed by atoms with Crippen LogP contribution in [0.2, 0.25) is 0 Å². The molecule has 0 heterocycles. The molecular weight excluding hydrogens is 368 g/mol. The molecule has 0 unspecified atom stereocenters. The van der Waals surface area contributed by atoms with Gasteiger partial charge in [-0.3, -0.25) is 18.8 Å². The molecule has 3 nitrogen and oxygen atoms in total. The van der Waals surface area contributed by atoms with Crippen molar-refractivity contribution in [3.63, 3.8) is 0 Å². The zero-order chi connectivity index (χ0) is 12.3. The van der Waals surface area contributed by atoms with Gasteiger partial charge in [-0.05, 0) is 24.3 Å². The molecule has 0 N–H and O–H groups in total. The highest BCUT2D eigenvalue weighted by Gasteiger charge is 2.17. The zero-order valence-corrected chi connectivity index (χ0v) is 13.2. The monoisotopic (exact) mass is 381 g/mol. The van der Waals surface area contributed by atoms with E-state index >= 15 is 0 Å². The summed E-state index contributed by atoms with van der Waals surface area (Å²) in [6.07, 6.45) is 0. The Morgan fingerprint density at radius 2 is 1.23 bits per heavy atom. The van der Waals surface area contributed by atoms with Gasteiger partial charge in [-0.25, -0.2) is 0 Å². The number of hydrogen-bond donors (Lipinski definition) is 0. The maximum atomic E-state index is 11.9. The third-order valence-electron chi connectivity index (χ3n) is 2.08. The summed E-state index contributed by atoms with van der Waals surface area (Å²) in [5.74, 6) is 0.173. The van der Waals surface area contributed by atoms with Gasteiger partial charge in [0.2, 0.25) is 0 Å². The second kappa shape index (κ2) is 12.0. The normalized spacial score (nSPS) is 8.55. The van der Waals surface area contributed by atoms with E-state index in [9.17, 15) is 8.42 Å². The summed E-state index contributed by atoms with van der Waals surface area (Å²) in [4.78, 5) is 0.477. The van der Waals surface area contributed by atoms with Gasteiger partial charge in [-0.15, -0.1) is 12.4 Å². The summed E-state index contributed by atoms with van der Waals surface area (Å²) in [6, 6.07) is 14.5. The van der Waals surface area contributed by atoms with Gasteiger partial charge >= 0.3 is 10.1 Å². The Balaban J connectivity index is -0.000000324. The fourth-order valence-corrected chi connectivity index (χ4v) is 2.48. The standard InChI is InChI=1S/C12H9O3S2.ClH.4FH/c13-17(14,10-6-2-1-3-7-10)15-11-8-4-5-9-12(11)16;;;;;/h1-9H;5*1H.